The fourth-order valence-corrected chi connectivity index (χ4v) is 7.92. The van der Waals surface area contributed by atoms with Gasteiger partial charge in [0.05, 0.1) is 11.7 Å². The van der Waals surface area contributed by atoms with Crippen LogP contribution in [0.2, 0.25) is 0 Å². The maximum Gasteiger partial charge on any atom is 0.302 e. The minimum absolute atomic E-state index is 0.0450. The second kappa shape index (κ2) is 6.94. The lowest BCUT2D eigenvalue weighted by atomic mass is 9.43. The van der Waals surface area contributed by atoms with E-state index in [9.17, 15) is 19.8 Å². The van der Waals surface area contributed by atoms with E-state index in [-0.39, 0.29) is 29.6 Å². The lowest BCUT2D eigenvalue weighted by Gasteiger charge is -2.65. The highest BCUT2D eigenvalue weighted by Gasteiger charge is 2.68. The molecule has 0 aliphatic heterocycles. The molecule has 0 bridgehead atoms. The third kappa shape index (κ3) is 3.04. The number of carbonyl (C=O) groups excluding carboxylic acids is 2. The van der Waals surface area contributed by atoms with Crippen LogP contribution in [0.15, 0.2) is 0 Å². The lowest BCUT2D eigenvalue weighted by Crippen LogP contribution is -2.68. The van der Waals surface area contributed by atoms with Gasteiger partial charge in [0, 0.05) is 31.1 Å². The molecule has 4 aliphatic rings. The lowest BCUT2D eigenvalue weighted by molar-refractivity contribution is -0.267. The monoisotopic (exact) mass is 408 g/mol. The minimum atomic E-state index is -1.23. The highest BCUT2D eigenvalue weighted by molar-refractivity contribution is 5.66. The Kier molecular flexibility index (Phi) is 5.05. The first-order chi connectivity index (χ1) is 13.5. The van der Waals surface area contributed by atoms with E-state index in [1.165, 1.54) is 13.8 Å². The first-order valence-electron chi connectivity index (χ1n) is 11.3. The standard InChI is InChI=1S/C23H36O6/c1-13(24)28-15-7-10-22(4)18-8-9-21(3)17(5-6-20(21)29-14(2)25)16(18)11-19(26)23(22,27)12-15/h15-20,26-27H,5-12H2,1-4H3/t15-,16+,17-,18-,19+,20+,21-,22+,23+/m1/s1. The molecule has 0 aromatic rings. The van der Waals surface area contributed by atoms with Gasteiger partial charge in [-0.15, -0.1) is 0 Å². The van der Waals surface area contributed by atoms with Crippen LogP contribution in [-0.2, 0) is 19.1 Å². The van der Waals surface area contributed by atoms with Crippen LogP contribution in [0.3, 0.4) is 0 Å². The van der Waals surface area contributed by atoms with Crippen molar-refractivity contribution < 1.29 is 29.3 Å². The number of esters is 2. The molecule has 6 heteroatoms. The van der Waals surface area contributed by atoms with E-state index in [1.807, 2.05) is 0 Å². The summed E-state index contributed by atoms with van der Waals surface area (Å²) in [7, 11) is 0. The van der Waals surface area contributed by atoms with E-state index < -0.39 is 17.1 Å². The van der Waals surface area contributed by atoms with Gasteiger partial charge < -0.3 is 19.7 Å². The predicted molar refractivity (Wildman–Crippen MR) is 106 cm³/mol. The van der Waals surface area contributed by atoms with Crippen molar-refractivity contribution in [3.63, 3.8) is 0 Å². The third-order valence-electron chi connectivity index (χ3n) is 9.37. The first-order valence-corrected chi connectivity index (χ1v) is 11.3. The van der Waals surface area contributed by atoms with Crippen molar-refractivity contribution in [2.45, 2.75) is 103 Å². The molecule has 0 aromatic carbocycles. The van der Waals surface area contributed by atoms with Crippen LogP contribution < -0.4 is 0 Å². The molecule has 29 heavy (non-hydrogen) atoms. The van der Waals surface area contributed by atoms with Crippen molar-refractivity contribution in [1.82, 2.24) is 0 Å². The summed E-state index contributed by atoms with van der Waals surface area (Å²) in [4.78, 5) is 23.0. The van der Waals surface area contributed by atoms with Gasteiger partial charge in [0.2, 0.25) is 0 Å². The minimum Gasteiger partial charge on any atom is -0.462 e. The highest BCUT2D eigenvalue weighted by Crippen LogP contribution is 2.67. The van der Waals surface area contributed by atoms with Crippen LogP contribution >= 0.6 is 0 Å². The predicted octanol–water partition coefficient (Wildman–Crippen LogP) is 2.98. The molecule has 6 nitrogen and oxygen atoms in total. The zero-order valence-electron chi connectivity index (χ0n) is 18.1. The van der Waals surface area contributed by atoms with Gasteiger partial charge in [-0.1, -0.05) is 13.8 Å². The van der Waals surface area contributed by atoms with Gasteiger partial charge in [-0.3, -0.25) is 9.59 Å². The topological polar surface area (TPSA) is 93.1 Å². The molecular formula is C23H36O6. The number of carbonyl (C=O) groups is 2. The van der Waals surface area contributed by atoms with Gasteiger partial charge in [0.25, 0.3) is 0 Å². The number of hydrogen-bond acceptors (Lipinski definition) is 6. The number of ether oxygens (including phenoxy) is 2. The van der Waals surface area contributed by atoms with Gasteiger partial charge in [0.1, 0.15) is 12.2 Å². The Labute approximate surface area is 173 Å². The summed E-state index contributed by atoms with van der Waals surface area (Å²) in [6.07, 6.45) is 4.99. The van der Waals surface area contributed by atoms with Crippen molar-refractivity contribution in [3.8, 4) is 0 Å². The normalized spacial score (nSPS) is 51.4. The Bertz CT molecular complexity index is 693. The maximum atomic E-state index is 11.7. The molecule has 4 aliphatic carbocycles. The summed E-state index contributed by atoms with van der Waals surface area (Å²) in [6, 6.07) is 0. The van der Waals surface area contributed by atoms with Crippen LogP contribution in [0, 0.1) is 28.6 Å². The number of fused-ring (bicyclic) bond motifs is 5. The summed E-state index contributed by atoms with van der Waals surface area (Å²) >= 11 is 0. The van der Waals surface area contributed by atoms with E-state index in [1.54, 1.807) is 0 Å². The summed E-state index contributed by atoms with van der Waals surface area (Å²) in [5, 5.41) is 22.9. The van der Waals surface area contributed by atoms with Crippen molar-refractivity contribution in [1.29, 1.82) is 0 Å². The quantitative estimate of drug-likeness (QED) is 0.683. The summed E-state index contributed by atoms with van der Waals surface area (Å²) in [5.41, 5.74) is -1.67. The van der Waals surface area contributed by atoms with Gasteiger partial charge >= 0.3 is 11.9 Å². The third-order valence-corrected chi connectivity index (χ3v) is 9.37. The molecule has 0 saturated heterocycles. The van der Waals surface area contributed by atoms with Crippen LogP contribution in [0.25, 0.3) is 0 Å². The molecule has 4 rings (SSSR count). The smallest absolute Gasteiger partial charge is 0.302 e. The second-order valence-electron chi connectivity index (χ2n) is 10.7. The molecule has 0 heterocycles. The zero-order valence-corrected chi connectivity index (χ0v) is 18.1. The number of aliphatic hydroxyl groups is 2. The Balaban J connectivity index is 1.60. The average molecular weight is 409 g/mol. The molecule has 0 radical (unpaired) electrons. The van der Waals surface area contributed by atoms with E-state index in [4.69, 9.17) is 9.47 Å². The van der Waals surface area contributed by atoms with Gasteiger partial charge in [-0.25, -0.2) is 0 Å². The zero-order chi connectivity index (χ0) is 21.2. The Hall–Kier alpha value is -1.14. The largest absolute Gasteiger partial charge is 0.462 e. The molecule has 164 valence electrons. The fraction of sp³-hybridized carbons (Fsp3) is 0.913. The van der Waals surface area contributed by atoms with Crippen LogP contribution in [0.1, 0.15) is 79.1 Å². The molecule has 0 aromatic heterocycles. The molecule has 0 spiro atoms. The number of aliphatic hydroxyl groups excluding tert-OH is 1. The molecule has 0 amide bonds. The first kappa shape index (κ1) is 21.1. The van der Waals surface area contributed by atoms with E-state index in [0.717, 1.165) is 38.5 Å². The van der Waals surface area contributed by atoms with Crippen molar-refractivity contribution in [2.24, 2.45) is 28.6 Å². The van der Waals surface area contributed by atoms with Gasteiger partial charge in [-0.05, 0) is 62.7 Å². The number of hydrogen-bond donors (Lipinski definition) is 2. The molecule has 0 unspecified atom stereocenters. The van der Waals surface area contributed by atoms with Gasteiger partial charge in [-0.2, -0.15) is 0 Å². The highest BCUT2D eigenvalue weighted by atomic mass is 16.5. The SMILES string of the molecule is CC(=O)O[C@@H]1CC[C@@]2(C)[C@@H]3CC[C@@]4(C)[C@@H](OC(C)=O)CC[C@@H]4[C@@H]3C[C@H](O)[C@@]2(O)C1. The van der Waals surface area contributed by atoms with E-state index in [2.05, 4.69) is 13.8 Å². The summed E-state index contributed by atoms with van der Waals surface area (Å²) in [6.45, 7) is 7.27. The van der Waals surface area contributed by atoms with E-state index >= 15 is 0 Å². The molecule has 4 fully saturated rings. The Morgan fingerprint density at radius 3 is 2.28 bits per heavy atom. The molecule has 4 saturated carbocycles. The molecule has 9 atom stereocenters. The van der Waals surface area contributed by atoms with Crippen molar-refractivity contribution in [3.05, 3.63) is 0 Å². The fourth-order valence-electron chi connectivity index (χ4n) is 7.92. The second-order valence-corrected chi connectivity index (χ2v) is 10.7. The molecule has 2 N–H and O–H groups in total. The van der Waals surface area contributed by atoms with Crippen molar-refractivity contribution >= 4 is 11.9 Å². The number of rotatable bonds is 2. The average Bonchev–Trinajstić information content (AvgIpc) is 2.93. The summed E-state index contributed by atoms with van der Waals surface area (Å²) < 4.78 is 11.1. The molecular weight excluding hydrogens is 372 g/mol. The van der Waals surface area contributed by atoms with Crippen LogP contribution in [0.5, 0.6) is 0 Å². The Morgan fingerprint density at radius 2 is 1.62 bits per heavy atom. The Morgan fingerprint density at radius 1 is 0.931 bits per heavy atom. The summed E-state index contributed by atoms with van der Waals surface area (Å²) in [5.74, 6) is 0.491. The van der Waals surface area contributed by atoms with Gasteiger partial charge in [0.15, 0.2) is 0 Å². The van der Waals surface area contributed by atoms with Crippen LogP contribution in [0.4, 0.5) is 0 Å². The van der Waals surface area contributed by atoms with Crippen molar-refractivity contribution in [2.75, 3.05) is 0 Å². The van der Waals surface area contributed by atoms with Crippen LogP contribution in [-0.4, -0.2) is 46.1 Å². The van der Waals surface area contributed by atoms with E-state index in [0.29, 0.717) is 30.6 Å². The maximum absolute atomic E-state index is 11.7.